The van der Waals surface area contributed by atoms with E-state index < -0.39 is 11.9 Å². The van der Waals surface area contributed by atoms with E-state index in [1.807, 2.05) is 20.8 Å². The van der Waals surface area contributed by atoms with Crippen molar-refractivity contribution >= 4 is 23.0 Å². The van der Waals surface area contributed by atoms with Crippen LogP contribution in [0.4, 0.5) is 19.1 Å². The standard InChI is InChI=1S/C16H21F3N4O/c1-9(2)23-13-10(6-7-11(21-13)16(17,18)19)20-14(23)22-12(24)8-15(3,4)5/h6-7,9H,8H2,1-5H3,(H,20,22,24). The van der Waals surface area contributed by atoms with E-state index in [1.54, 1.807) is 13.8 Å². The maximum Gasteiger partial charge on any atom is 0.433 e. The number of anilines is 1. The van der Waals surface area contributed by atoms with E-state index in [9.17, 15) is 18.0 Å². The van der Waals surface area contributed by atoms with Crippen LogP contribution in [-0.4, -0.2) is 20.4 Å². The third-order valence-electron chi connectivity index (χ3n) is 3.29. The Hall–Kier alpha value is -2.12. The number of aromatic nitrogens is 3. The van der Waals surface area contributed by atoms with E-state index in [0.717, 1.165) is 6.07 Å². The fourth-order valence-electron chi connectivity index (χ4n) is 2.36. The summed E-state index contributed by atoms with van der Waals surface area (Å²) < 4.78 is 40.2. The van der Waals surface area contributed by atoms with Crippen molar-refractivity contribution in [1.29, 1.82) is 0 Å². The predicted octanol–water partition coefficient (Wildman–Crippen LogP) is 4.41. The Balaban J connectivity index is 2.47. The van der Waals surface area contributed by atoms with Gasteiger partial charge >= 0.3 is 6.18 Å². The predicted molar refractivity (Wildman–Crippen MR) is 85.6 cm³/mol. The number of halogens is 3. The zero-order valence-corrected chi connectivity index (χ0v) is 14.3. The Labute approximate surface area is 138 Å². The van der Waals surface area contributed by atoms with Gasteiger partial charge in [0, 0.05) is 12.5 Å². The molecular weight excluding hydrogens is 321 g/mol. The summed E-state index contributed by atoms with van der Waals surface area (Å²) >= 11 is 0. The molecule has 0 radical (unpaired) electrons. The number of rotatable bonds is 3. The Morgan fingerprint density at radius 3 is 2.33 bits per heavy atom. The molecule has 5 nitrogen and oxygen atoms in total. The Morgan fingerprint density at radius 1 is 1.21 bits per heavy atom. The first-order chi connectivity index (χ1) is 10.9. The number of imidazole rings is 1. The summed E-state index contributed by atoms with van der Waals surface area (Å²) in [7, 11) is 0. The van der Waals surface area contributed by atoms with Crippen molar-refractivity contribution in [1.82, 2.24) is 14.5 Å². The minimum atomic E-state index is -4.53. The molecule has 132 valence electrons. The van der Waals surface area contributed by atoms with E-state index in [0.29, 0.717) is 5.52 Å². The normalized spacial score (nSPS) is 12.9. The summed E-state index contributed by atoms with van der Waals surface area (Å²) in [6, 6.07) is 1.94. The zero-order valence-electron chi connectivity index (χ0n) is 14.3. The molecule has 2 aromatic rings. The molecule has 2 aromatic heterocycles. The van der Waals surface area contributed by atoms with Gasteiger partial charge in [0.2, 0.25) is 11.9 Å². The third-order valence-corrected chi connectivity index (χ3v) is 3.29. The molecule has 8 heteroatoms. The topological polar surface area (TPSA) is 59.8 Å². The lowest BCUT2D eigenvalue weighted by atomic mass is 9.92. The lowest BCUT2D eigenvalue weighted by Gasteiger charge is -2.18. The smallest absolute Gasteiger partial charge is 0.296 e. The Kier molecular flexibility index (Phi) is 4.61. The molecule has 0 aromatic carbocycles. The number of hydrogen-bond donors (Lipinski definition) is 1. The first-order valence-electron chi connectivity index (χ1n) is 7.64. The largest absolute Gasteiger partial charge is 0.433 e. The molecule has 0 saturated heterocycles. The van der Waals surface area contributed by atoms with E-state index in [-0.39, 0.29) is 35.4 Å². The number of nitrogens with zero attached hydrogens (tertiary/aromatic N) is 3. The van der Waals surface area contributed by atoms with Gasteiger partial charge in [0.1, 0.15) is 11.2 Å². The van der Waals surface area contributed by atoms with Crippen molar-refractivity contribution in [3.8, 4) is 0 Å². The van der Waals surface area contributed by atoms with Crippen LogP contribution >= 0.6 is 0 Å². The molecule has 0 bridgehead atoms. The van der Waals surface area contributed by atoms with Crippen LogP contribution in [0.2, 0.25) is 0 Å². The van der Waals surface area contributed by atoms with Gasteiger partial charge in [-0.3, -0.25) is 14.7 Å². The highest BCUT2D eigenvalue weighted by atomic mass is 19.4. The molecule has 24 heavy (non-hydrogen) atoms. The number of amides is 1. The van der Waals surface area contributed by atoms with Crippen molar-refractivity contribution in [2.45, 2.75) is 53.3 Å². The van der Waals surface area contributed by atoms with Gasteiger partial charge in [-0.25, -0.2) is 9.97 Å². The summed E-state index contributed by atoms with van der Waals surface area (Å²) in [6.45, 7) is 9.37. The molecule has 0 aliphatic heterocycles. The number of carbonyl (C=O) groups is 1. The molecule has 0 spiro atoms. The monoisotopic (exact) mass is 342 g/mol. The van der Waals surface area contributed by atoms with Crippen LogP contribution in [0.5, 0.6) is 0 Å². The number of carbonyl (C=O) groups excluding carboxylic acids is 1. The second kappa shape index (κ2) is 6.07. The maximum atomic E-state index is 12.9. The summed E-state index contributed by atoms with van der Waals surface area (Å²) in [5.74, 6) is -0.0307. The zero-order chi connectivity index (χ0) is 18.3. The highest BCUT2D eigenvalue weighted by molar-refractivity contribution is 5.91. The van der Waals surface area contributed by atoms with Crippen LogP contribution in [0.1, 0.15) is 52.8 Å². The van der Waals surface area contributed by atoms with Gasteiger partial charge in [-0.1, -0.05) is 20.8 Å². The lowest BCUT2D eigenvalue weighted by molar-refractivity contribution is -0.141. The number of pyridine rings is 1. The van der Waals surface area contributed by atoms with Gasteiger partial charge in [0.25, 0.3) is 0 Å². The SMILES string of the molecule is CC(C)n1c(NC(=O)CC(C)(C)C)nc2ccc(C(F)(F)F)nc21. The molecule has 0 fully saturated rings. The third kappa shape index (κ3) is 4.04. The van der Waals surface area contributed by atoms with E-state index in [2.05, 4.69) is 15.3 Å². The van der Waals surface area contributed by atoms with Crippen molar-refractivity contribution in [2.75, 3.05) is 5.32 Å². The Morgan fingerprint density at radius 2 is 1.83 bits per heavy atom. The fraction of sp³-hybridized carbons (Fsp3) is 0.562. The first kappa shape index (κ1) is 18.2. The average molecular weight is 342 g/mol. The van der Waals surface area contributed by atoms with Crippen molar-refractivity contribution in [2.24, 2.45) is 5.41 Å². The average Bonchev–Trinajstić information content (AvgIpc) is 2.71. The van der Waals surface area contributed by atoms with Crippen molar-refractivity contribution in [3.63, 3.8) is 0 Å². The van der Waals surface area contributed by atoms with Crippen molar-refractivity contribution in [3.05, 3.63) is 17.8 Å². The van der Waals surface area contributed by atoms with Crippen molar-refractivity contribution < 1.29 is 18.0 Å². The second-order valence-electron chi connectivity index (χ2n) is 7.22. The van der Waals surface area contributed by atoms with E-state index in [4.69, 9.17) is 0 Å². The first-order valence-corrected chi connectivity index (χ1v) is 7.64. The molecule has 1 N–H and O–H groups in total. The maximum absolute atomic E-state index is 12.9. The van der Waals surface area contributed by atoms with Crippen LogP contribution in [0, 0.1) is 5.41 Å². The summed E-state index contributed by atoms with van der Waals surface area (Å²) in [4.78, 5) is 20.1. The van der Waals surface area contributed by atoms with Crippen LogP contribution in [0.25, 0.3) is 11.2 Å². The van der Waals surface area contributed by atoms with Gasteiger partial charge in [-0.2, -0.15) is 13.2 Å². The van der Waals surface area contributed by atoms with Gasteiger partial charge in [0.15, 0.2) is 5.65 Å². The minimum absolute atomic E-state index is 0.103. The quantitative estimate of drug-likeness (QED) is 0.899. The van der Waals surface area contributed by atoms with E-state index >= 15 is 0 Å². The molecule has 0 saturated carbocycles. The van der Waals surface area contributed by atoms with Crippen LogP contribution in [0.15, 0.2) is 12.1 Å². The molecule has 2 heterocycles. The van der Waals surface area contributed by atoms with Gasteiger partial charge in [0.05, 0.1) is 0 Å². The number of nitrogens with one attached hydrogen (secondary N) is 1. The molecule has 1 amide bonds. The molecule has 0 unspecified atom stereocenters. The molecule has 0 aliphatic rings. The number of hydrogen-bond acceptors (Lipinski definition) is 3. The highest BCUT2D eigenvalue weighted by Gasteiger charge is 2.33. The number of fused-ring (bicyclic) bond motifs is 1. The minimum Gasteiger partial charge on any atom is -0.296 e. The van der Waals surface area contributed by atoms with Gasteiger partial charge in [-0.05, 0) is 31.4 Å². The fourth-order valence-corrected chi connectivity index (χ4v) is 2.36. The van der Waals surface area contributed by atoms with Gasteiger partial charge in [-0.15, -0.1) is 0 Å². The Bertz CT molecular complexity index is 757. The van der Waals surface area contributed by atoms with Crippen LogP contribution in [0.3, 0.4) is 0 Å². The second-order valence-corrected chi connectivity index (χ2v) is 7.22. The van der Waals surface area contributed by atoms with E-state index in [1.165, 1.54) is 10.6 Å². The summed E-state index contributed by atoms with van der Waals surface area (Å²) in [5, 5.41) is 2.69. The number of alkyl halides is 3. The summed E-state index contributed by atoms with van der Waals surface area (Å²) in [5.41, 5.74) is -0.779. The molecular formula is C16H21F3N4O. The lowest BCUT2D eigenvalue weighted by Crippen LogP contribution is -2.22. The van der Waals surface area contributed by atoms with Crippen LogP contribution < -0.4 is 5.32 Å². The molecule has 0 atom stereocenters. The summed E-state index contributed by atoms with van der Waals surface area (Å²) in [6.07, 6.45) is -4.26. The van der Waals surface area contributed by atoms with Crippen LogP contribution in [-0.2, 0) is 11.0 Å². The highest BCUT2D eigenvalue weighted by Crippen LogP contribution is 2.31. The molecule has 2 rings (SSSR count). The molecule has 0 aliphatic carbocycles. The van der Waals surface area contributed by atoms with Gasteiger partial charge < -0.3 is 0 Å².